The first-order chi connectivity index (χ1) is 11.6. The lowest BCUT2D eigenvalue weighted by molar-refractivity contribution is 0.102. The minimum atomic E-state index is -0.363. The molecular weight excluding hydrogens is 308 g/mol. The van der Waals surface area contributed by atoms with Gasteiger partial charge < -0.3 is 20.5 Å². The molecule has 2 aromatic carbocycles. The van der Waals surface area contributed by atoms with Crippen LogP contribution < -0.4 is 20.5 Å². The number of rotatable bonds is 4. The lowest BCUT2D eigenvalue weighted by Gasteiger charge is -2.12. The third kappa shape index (κ3) is 2.91. The van der Waals surface area contributed by atoms with Crippen LogP contribution in [0.4, 0.5) is 11.5 Å². The van der Waals surface area contributed by atoms with Crippen molar-refractivity contribution < 1.29 is 14.3 Å². The van der Waals surface area contributed by atoms with Gasteiger partial charge in [0.2, 0.25) is 0 Å². The molecule has 0 radical (unpaired) electrons. The Hall–Kier alpha value is -3.35. The van der Waals surface area contributed by atoms with E-state index < -0.39 is 0 Å². The van der Waals surface area contributed by atoms with Crippen molar-refractivity contribution in [3.8, 4) is 11.8 Å². The zero-order chi connectivity index (χ0) is 17.1. The number of ether oxygens (including phenoxy) is 2. The van der Waals surface area contributed by atoms with Gasteiger partial charge in [0.15, 0.2) is 5.82 Å². The quantitative estimate of drug-likeness (QED) is 0.765. The molecule has 0 saturated heterocycles. The highest BCUT2D eigenvalue weighted by Crippen LogP contribution is 2.27. The second kappa shape index (κ2) is 6.41. The minimum absolute atomic E-state index is 0.120. The van der Waals surface area contributed by atoms with Gasteiger partial charge in [-0.1, -0.05) is 24.3 Å². The van der Waals surface area contributed by atoms with Crippen LogP contribution in [0.25, 0.3) is 10.8 Å². The fourth-order valence-corrected chi connectivity index (χ4v) is 2.33. The Morgan fingerprint density at radius 1 is 1.12 bits per heavy atom. The topological polar surface area (TPSA) is 99.4 Å². The molecule has 0 atom stereocenters. The number of nitrogens with one attached hydrogen (secondary N) is 1. The van der Waals surface area contributed by atoms with Gasteiger partial charge in [-0.3, -0.25) is 4.79 Å². The zero-order valence-electron chi connectivity index (χ0n) is 13.2. The lowest BCUT2D eigenvalue weighted by Crippen LogP contribution is -2.15. The molecule has 0 aliphatic rings. The Morgan fingerprint density at radius 2 is 1.83 bits per heavy atom. The fourth-order valence-electron chi connectivity index (χ4n) is 2.33. The molecule has 0 unspecified atom stereocenters. The zero-order valence-corrected chi connectivity index (χ0v) is 13.2. The van der Waals surface area contributed by atoms with Crippen molar-refractivity contribution in [3.05, 3.63) is 48.2 Å². The number of aromatic nitrogens is 2. The number of benzene rings is 2. The Labute approximate surface area is 138 Å². The first-order valence-electron chi connectivity index (χ1n) is 7.17. The molecule has 1 heterocycles. The van der Waals surface area contributed by atoms with Crippen molar-refractivity contribution in [2.45, 2.75) is 0 Å². The number of hydrogen-bond donors (Lipinski definition) is 2. The highest BCUT2D eigenvalue weighted by Gasteiger charge is 2.16. The molecule has 3 rings (SSSR count). The van der Waals surface area contributed by atoms with Gasteiger partial charge in [-0.05, 0) is 22.9 Å². The van der Waals surface area contributed by atoms with Crippen molar-refractivity contribution in [1.29, 1.82) is 0 Å². The average Bonchev–Trinajstić information content (AvgIpc) is 2.62. The van der Waals surface area contributed by atoms with Crippen molar-refractivity contribution in [2.75, 3.05) is 25.3 Å². The second-order valence-corrected chi connectivity index (χ2v) is 5.01. The number of fused-ring (bicyclic) bond motifs is 1. The molecule has 0 bridgehead atoms. The van der Waals surface area contributed by atoms with Crippen LogP contribution in [-0.2, 0) is 0 Å². The maximum absolute atomic E-state index is 12.6. The van der Waals surface area contributed by atoms with E-state index in [1.807, 2.05) is 30.3 Å². The molecule has 24 heavy (non-hydrogen) atoms. The average molecular weight is 324 g/mol. The van der Waals surface area contributed by atoms with E-state index in [1.165, 1.54) is 20.4 Å². The number of anilines is 2. The van der Waals surface area contributed by atoms with Crippen molar-refractivity contribution in [1.82, 2.24) is 9.97 Å². The predicted octanol–water partition coefficient (Wildman–Crippen LogP) is 2.48. The van der Waals surface area contributed by atoms with Crippen LogP contribution in [0.3, 0.4) is 0 Å². The van der Waals surface area contributed by atoms with E-state index in [0.717, 1.165) is 10.8 Å². The molecule has 0 spiro atoms. The number of carbonyl (C=O) groups excluding carboxylic acids is 1. The summed E-state index contributed by atoms with van der Waals surface area (Å²) in [5.41, 5.74) is 6.50. The number of nitrogens with zero attached hydrogens (tertiary/aromatic N) is 2. The van der Waals surface area contributed by atoms with E-state index in [9.17, 15) is 4.79 Å². The summed E-state index contributed by atoms with van der Waals surface area (Å²) in [4.78, 5) is 20.5. The SMILES string of the molecule is COc1ncc(NC(=O)c2cc3ccccc3cc2OC)c(N)n1. The number of amides is 1. The first kappa shape index (κ1) is 15.5. The summed E-state index contributed by atoms with van der Waals surface area (Å²) in [5, 5.41) is 4.61. The standard InChI is InChI=1S/C17H16N4O3/c1-23-14-8-11-6-4-3-5-10(11)7-12(14)16(22)20-13-9-19-17(24-2)21-15(13)18/h3-9H,1-2H3,(H,20,22)(H2,18,19,21). The highest BCUT2D eigenvalue weighted by molar-refractivity contribution is 6.09. The van der Waals surface area contributed by atoms with Crippen molar-refractivity contribution in [3.63, 3.8) is 0 Å². The number of carbonyl (C=O) groups is 1. The molecule has 0 aliphatic heterocycles. The number of nitrogen functional groups attached to an aromatic ring is 1. The lowest BCUT2D eigenvalue weighted by atomic mass is 10.1. The molecule has 1 amide bonds. The van der Waals surface area contributed by atoms with E-state index in [0.29, 0.717) is 17.0 Å². The summed E-state index contributed by atoms with van der Waals surface area (Å²) in [5.74, 6) is 0.229. The van der Waals surface area contributed by atoms with Crippen LogP contribution in [0.1, 0.15) is 10.4 Å². The van der Waals surface area contributed by atoms with E-state index in [1.54, 1.807) is 6.07 Å². The largest absolute Gasteiger partial charge is 0.496 e. The van der Waals surface area contributed by atoms with Crippen LogP contribution in [0.15, 0.2) is 42.6 Å². The van der Waals surface area contributed by atoms with Gasteiger partial charge >= 0.3 is 6.01 Å². The number of hydrogen-bond acceptors (Lipinski definition) is 6. The van der Waals surface area contributed by atoms with Gasteiger partial charge in [0.25, 0.3) is 5.91 Å². The normalized spacial score (nSPS) is 10.4. The van der Waals surface area contributed by atoms with Gasteiger partial charge in [-0.15, -0.1) is 0 Å². The van der Waals surface area contributed by atoms with Crippen molar-refractivity contribution in [2.24, 2.45) is 0 Å². The third-order valence-electron chi connectivity index (χ3n) is 3.54. The highest BCUT2D eigenvalue weighted by atomic mass is 16.5. The molecule has 0 aliphatic carbocycles. The van der Waals surface area contributed by atoms with Crippen LogP contribution in [0.5, 0.6) is 11.8 Å². The molecule has 0 fully saturated rings. The summed E-state index contributed by atoms with van der Waals surface area (Å²) < 4.78 is 10.2. The van der Waals surface area contributed by atoms with E-state index in [-0.39, 0.29) is 17.7 Å². The van der Waals surface area contributed by atoms with Gasteiger partial charge in [0, 0.05) is 0 Å². The maximum atomic E-state index is 12.6. The number of nitrogens with two attached hydrogens (primary N) is 1. The Kier molecular flexibility index (Phi) is 4.15. The third-order valence-corrected chi connectivity index (χ3v) is 3.54. The predicted molar refractivity (Wildman–Crippen MR) is 91.4 cm³/mol. The summed E-state index contributed by atoms with van der Waals surface area (Å²) in [6, 6.07) is 11.4. The summed E-state index contributed by atoms with van der Waals surface area (Å²) >= 11 is 0. The van der Waals surface area contributed by atoms with Crippen LogP contribution in [-0.4, -0.2) is 30.1 Å². The molecule has 3 N–H and O–H groups in total. The van der Waals surface area contributed by atoms with Gasteiger partial charge in [-0.25, -0.2) is 4.98 Å². The Bertz CT molecular complexity index is 911. The van der Waals surface area contributed by atoms with Crippen LogP contribution in [0.2, 0.25) is 0 Å². The summed E-state index contributed by atoms with van der Waals surface area (Å²) in [6.07, 6.45) is 1.40. The number of methoxy groups -OCH3 is 2. The van der Waals surface area contributed by atoms with Crippen LogP contribution >= 0.6 is 0 Å². The molecule has 0 saturated carbocycles. The summed E-state index contributed by atoms with van der Waals surface area (Å²) in [7, 11) is 2.96. The van der Waals surface area contributed by atoms with Crippen molar-refractivity contribution >= 4 is 28.2 Å². The second-order valence-electron chi connectivity index (χ2n) is 5.01. The molecule has 7 nitrogen and oxygen atoms in total. The van der Waals surface area contributed by atoms with E-state index in [4.69, 9.17) is 15.2 Å². The smallest absolute Gasteiger partial charge is 0.318 e. The van der Waals surface area contributed by atoms with Crippen LogP contribution in [0, 0.1) is 0 Å². The molecule has 122 valence electrons. The molecule has 7 heteroatoms. The van der Waals surface area contributed by atoms with Gasteiger partial charge in [-0.2, -0.15) is 4.98 Å². The van der Waals surface area contributed by atoms with E-state index in [2.05, 4.69) is 15.3 Å². The van der Waals surface area contributed by atoms with E-state index >= 15 is 0 Å². The monoisotopic (exact) mass is 324 g/mol. The maximum Gasteiger partial charge on any atom is 0.318 e. The first-order valence-corrected chi connectivity index (χ1v) is 7.17. The molecule has 3 aromatic rings. The fraction of sp³-hybridized carbons (Fsp3) is 0.118. The van der Waals surface area contributed by atoms with Gasteiger partial charge in [0.1, 0.15) is 11.4 Å². The molecule has 1 aromatic heterocycles. The minimum Gasteiger partial charge on any atom is -0.496 e. The summed E-state index contributed by atoms with van der Waals surface area (Å²) in [6.45, 7) is 0. The Morgan fingerprint density at radius 3 is 2.46 bits per heavy atom. The van der Waals surface area contributed by atoms with Gasteiger partial charge in [0.05, 0.1) is 26.0 Å². The molecular formula is C17H16N4O3. The Balaban J connectivity index is 1.96.